The number of fused-ring (bicyclic) bond motifs is 1. The summed E-state index contributed by atoms with van der Waals surface area (Å²) < 4.78 is 0. The molecule has 1 saturated heterocycles. The first kappa shape index (κ1) is 11.7. The van der Waals surface area contributed by atoms with Crippen LogP contribution in [0.25, 0.3) is 10.8 Å². The van der Waals surface area contributed by atoms with Gasteiger partial charge >= 0.3 is 0 Å². The molecule has 0 saturated carbocycles. The maximum atomic E-state index is 2.49. The van der Waals surface area contributed by atoms with E-state index in [1.54, 1.807) is 0 Å². The molecule has 1 atom stereocenters. The first-order chi connectivity index (χ1) is 8.83. The van der Waals surface area contributed by atoms with Gasteiger partial charge in [-0.3, -0.25) is 4.90 Å². The zero-order valence-electron chi connectivity index (χ0n) is 11.0. The van der Waals surface area contributed by atoms with Crippen molar-refractivity contribution in [1.29, 1.82) is 0 Å². The fraction of sp³-hybridized carbons (Fsp3) is 0.353. The average molecular weight is 238 g/mol. The molecule has 1 fully saturated rings. The summed E-state index contributed by atoms with van der Waals surface area (Å²) in [7, 11) is 0. The lowest BCUT2D eigenvalue weighted by molar-refractivity contribution is 0.208. The molecule has 1 radical (unpaired) electrons. The van der Waals surface area contributed by atoms with Gasteiger partial charge in [0, 0.05) is 6.04 Å². The summed E-state index contributed by atoms with van der Waals surface area (Å²) in [6.07, 6.45) is 4.03. The topological polar surface area (TPSA) is 3.24 Å². The van der Waals surface area contributed by atoms with Crippen LogP contribution in [0.3, 0.4) is 0 Å². The van der Waals surface area contributed by atoms with Crippen molar-refractivity contribution < 1.29 is 0 Å². The molecule has 1 aliphatic heterocycles. The zero-order chi connectivity index (χ0) is 12.4. The Hall–Kier alpha value is -1.34. The number of likely N-dealkylation sites (tertiary alicyclic amines) is 1. The van der Waals surface area contributed by atoms with Crippen LogP contribution in [0.5, 0.6) is 0 Å². The van der Waals surface area contributed by atoms with E-state index in [1.165, 1.54) is 42.1 Å². The van der Waals surface area contributed by atoms with Gasteiger partial charge < -0.3 is 0 Å². The van der Waals surface area contributed by atoms with Crippen molar-refractivity contribution in [3.8, 4) is 0 Å². The van der Waals surface area contributed by atoms with Crippen molar-refractivity contribution in [2.45, 2.75) is 32.2 Å². The Labute approximate surface area is 109 Å². The highest BCUT2D eigenvalue weighted by molar-refractivity contribution is 5.83. The molecule has 1 heterocycles. The first-order valence-electron chi connectivity index (χ1n) is 6.92. The van der Waals surface area contributed by atoms with Gasteiger partial charge in [0.15, 0.2) is 0 Å². The van der Waals surface area contributed by atoms with Crippen molar-refractivity contribution in [3.05, 3.63) is 54.6 Å². The Morgan fingerprint density at radius 1 is 1.06 bits per heavy atom. The second-order valence-corrected chi connectivity index (χ2v) is 5.32. The molecule has 1 heteroatoms. The van der Waals surface area contributed by atoms with Gasteiger partial charge in [0.25, 0.3) is 0 Å². The molecule has 1 nitrogen and oxygen atoms in total. The van der Waals surface area contributed by atoms with Crippen LogP contribution in [0, 0.1) is 6.54 Å². The Balaban J connectivity index is 1.81. The summed E-state index contributed by atoms with van der Waals surface area (Å²) in [6, 6.07) is 16.0. The van der Waals surface area contributed by atoms with E-state index in [0.717, 1.165) is 0 Å². The molecule has 0 N–H and O–H groups in total. The molecule has 0 spiro atoms. The van der Waals surface area contributed by atoms with Gasteiger partial charge in [-0.2, -0.15) is 0 Å². The first-order valence-corrected chi connectivity index (χ1v) is 6.92. The third kappa shape index (κ3) is 2.41. The van der Waals surface area contributed by atoms with E-state index in [-0.39, 0.29) is 0 Å². The molecule has 2 aromatic carbocycles. The van der Waals surface area contributed by atoms with E-state index in [2.05, 4.69) is 60.8 Å². The number of rotatable bonds is 2. The van der Waals surface area contributed by atoms with Gasteiger partial charge in [0.05, 0.1) is 6.54 Å². The molecule has 0 aliphatic carbocycles. The Bertz CT molecular complexity index is 532. The average Bonchev–Trinajstić information content (AvgIpc) is 2.41. The molecular weight excluding hydrogens is 218 g/mol. The van der Waals surface area contributed by atoms with Gasteiger partial charge in [-0.1, -0.05) is 42.8 Å². The van der Waals surface area contributed by atoms with Crippen LogP contribution in [-0.4, -0.2) is 17.5 Å². The molecule has 1 unspecified atom stereocenters. The van der Waals surface area contributed by atoms with Gasteiger partial charge in [0.1, 0.15) is 0 Å². The predicted molar refractivity (Wildman–Crippen MR) is 77.4 cm³/mol. The summed E-state index contributed by atoms with van der Waals surface area (Å²) >= 11 is 0. The molecule has 18 heavy (non-hydrogen) atoms. The quantitative estimate of drug-likeness (QED) is 0.757. The summed E-state index contributed by atoms with van der Waals surface area (Å²) in [5.41, 5.74) is 1.32. The van der Waals surface area contributed by atoms with Crippen LogP contribution in [-0.2, 0) is 0 Å². The van der Waals surface area contributed by atoms with Crippen molar-refractivity contribution in [2.24, 2.45) is 0 Å². The van der Waals surface area contributed by atoms with Gasteiger partial charge in [-0.25, -0.2) is 0 Å². The van der Waals surface area contributed by atoms with Crippen molar-refractivity contribution in [2.75, 3.05) is 6.54 Å². The minimum Gasteiger partial charge on any atom is -0.292 e. The number of hydrogen-bond acceptors (Lipinski definition) is 1. The summed E-state index contributed by atoms with van der Waals surface area (Å²) in [5, 5.41) is 2.65. The predicted octanol–water partition coefficient (Wildman–Crippen LogP) is 4.22. The lowest BCUT2D eigenvalue weighted by Gasteiger charge is -2.32. The SMILES string of the molecule is CC1CCCCN1[CH]c1ccc2ccccc2c1. The second-order valence-electron chi connectivity index (χ2n) is 5.32. The van der Waals surface area contributed by atoms with Gasteiger partial charge in [-0.15, -0.1) is 0 Å². The van der Waals surface area contributed by atoms with E-state index in [9.17, 15) is 0 Å². The van der Waals surface area contributed by atoms with Crippen LogP contribution >= 0.6 is 0 Å². The molecule has 2 aromatic rings. The van der Waals surface area contributed by atoms with E-state index in [0.29, 0.717) is 6.04 Å². The van der Waals surface area contributed by atoms with Crippen LogP contribution in [0.1, 0.15) is 31.7 Å². The number of benzene rings is 2. The number of hydrogen-bond donors (Lipinski definition) is 0. The standard InChI is InChI=1S/C17H20N/c1-14-6-4-5-11-18(14)13-15-9-10-16-7-2-3-8-17(16)12-15/h2-3,7-10,12-14H,4-6,11H2,1H3. The van der Waals surface area contributed by atoms with E-state index in [1.807, 2.05) is 0 Å². The van der Waals surface area contributed by atoms with Crippen LogP contribution < -0.4 is 0 Å². The highest BCUT2D eigenvalue weighted by Gasteiger charge is 2.18. The maximum Gasteiger partial charge on any atom is 0.0548 e. The third-order valence-corrected chi connectivity index (χ3v) is 3.94. The Morgan fingerprint density at radius 2 is 1.89 bits per heavy atom. The molecule has 0 amide bonds. The van der Waals surface area contributed by atoms with E-state index in [4.69, 9.17) is 0 Å². The Kier molecular flexibility index (Phi) is 3.33. The Morgan fingerprint density at radius 3 is 2.72 bits per heavy atom. The molecule has 93 valence electrons. The third-order valence-electron chi connectivity index (χ3n) is 3.94. The van der Waals surface area contributed by atoms with E-state index < -0.39 is 0 Å². The van der Waals surface area contributed by atoms with Gasteiger partial charge in [-0.05, 0) is 48.7 Å². The highest BCUT2D eigenvalue weighted by Crippen LogP contribution is 2.22. The van der Waals surface area contributed by atoms with Gasteiger partial charge in [0.2, 0.25) is 0 Å². The monoisotopic (exact) mass is 238 g/mol. The largest absolute Gasteiger partial charge is 0.292 e. The van der Waals surface area contributed by atoms with Crippen LogP contribution in [0.15, 0.2) is 42.5 Å². The minimum atomic E-state index is 0.685. The normalized spacial score (nSPS) is 21.3. The van der Waals surface area contributed by atoms with Crippen molar-refractivity contribution in [1.82, 2.24) is 4.90 Å². The molecular formula is C17H20N. The summed E-state index contributed by atoms with van der Waals surface area (Å²) in [4.78, 5) is 2.49. The van der Waals surface area contributed by atoms with Crippen molar-refractivity contribution in [3.63, 3.8) is 0 Å². The number of nitrogens with zero attached hydrogens (tertiary/aromatic N) is 1. The highest BCUT2D eigenvalue weighted by atomic mass is 15.2. The fourth-order valence-corrected chi connectivity index (χ4v) is 2.79. The van der Waals surface area contributed by atoms with Crippen LogP contribution in [0.2, 0.25) is 0 Å². The summed E-state index contributed by atoms with van der Waals surface area (Å²) in [5.74, 6) is 0. The lowest BCUT2D eigenvalue weighted by Crippen LogP contribution is -2.35. The zero-order valence-corrected chi connectivity index (χ0v) is 11.0. The summed E-state index contributed by atoms with van der Waals surface area (Å²) in [6.45, 7) is 5.86. The number of piperidine rings is 1. The molecule has 0 bridgehead atoms. The molecule has 3 rings (SSSR count). The fourth-order valence-electron chi connectivity index (χ4n) is 2.79. The van der Waals surface area contributed by atoms with E-state index >= 15 is 0 Å². The second kappa shape index (κ2) is 5.11. The van der Waals surface area contributed by atoms with Crippen molar-refractivity contribution >= 4 is 10.8 Å². The smallest absolute Gasteiger partial charge is 0.0548 e. The molecule has 0 aromatic heterocycles. The maximum absolute atomic E-state index is 2.49. The minimum absolute atomic E-state index is 0.685. The van der Waals surface area contributed by atoms with Crippen LogP contribution in [0.4, 0.5) is 0 Å². The lowest BCUT2D eigenvalue weighted by atomic mass is 10.0. The molecule has 1 aliphatic rings.